The first kappa shape index (κ1) is 8.97. The molecule has 1 saturated heterocycles. The van der Waals surface area contributed by atoms with Gasteiger partial charge in [0.2, 0.25) is 0 Å². The SMILES string of the molecule is [NH3+]CCC[NH+]1CCC[C@H](O)C1. The molecule has 1 unspecified atom stereocenters. The Labute approximate surface area is 68.2 Å². The highest BCUT2D eigenvalue weighted by Gasteiger charge is 2.19. The Morgan fingerprint density at radius 1 is 1.55 bits per heavy atom. The van der Waals surface area contributed by atoms with Crippen LogP contribution in [0.25, 0.3) is 0 Å². The van der Waals surface area contributed by atoms with E-state index < -0.39 is 0 Å². The van der Waals surface area contributed by atoms with Crippen LogP contribution in [0, 0.1) is 0 Å². The fourth-order valence-electron chi connectivity index (χ4n) is 1.73. The molecule has 1 aliphatic heterocycles. The van der Waals surface area contributed by atoms with Crippen LogP contribution in [0.5, 0.6) is 0 Å². The van der Waals surface area contributed by atoms with Crippen molar-refractivity contribution in [3.63, 3.8) is 0 Å². The van der Waals surface area contributed by atoms with Gasteiger partial charge < -0.3 is 15.7 Å². The molecule has 0 radical (unpaired) electrons. The van der Waals surface area contributed by atoms with Gasteiger partial charge in [0, 0.05) is 6.42 Å². The maximum absolute atomic E-state index is 9.34. The van der Waals surface area contributed by atoms with Crippen molar-refractivity contribution in [3.8, 4) is 0 Å². The van der Waals surface area contributed by atoms with Crippen molar-refractivity contribution < 1.29 is 15.7 Å². The zero-order valence-corrected chi connectivity index (χ0v) is 7.18. The molecule has 0 aromatic rings. The van der Waals surface area contributed by atoms with Gasteiger partial charge in [-0.25, -0.2) is 0 Å². The van der Waals surface area contributed by atoms with Crippen LogP contribution >= 0.6 is 0 Å². The summed E-state index contributed by atoms with van der Waals surface area (Å²) < 4.78 is 0. The lowest BCUT2D eigenvalue weighted by Crippen LogP contribution is -3.14. The van der Waals surface area contributed by atoms with Crippen LogP contribution in [0.3, 0.4) is 0 Å². The van der Waals surface area contributed by atoms with Gasteiger partial charge in [0.15, 0.2) is 0 Å². The minimum absolute atomic E-state index is 0.0384. The lowest BCUT2D eigenvalue weighted by atomic mass is 10.1. The quantitative estimate of drug-likeness (QED) is 0.426. The van der Waals surface area contributed by atoms with E-state index in [4.69, 9.17) is 0 Å². The summed E-state index contributed by atoms with van der Waals surface area (Å²) in [5, 5.41) is 9.34. The second-order valence-electron chi connectivity index (χ2n) is 3.46. The van der Waals surface area contributed by atoms with Gasteiger partial charge in [-0.1, -0.05) is 0 Å². The van der Waals surface area contributed by atoms with Gasteiger partial charge in [0.25, 0.3) is 0 Å². The molecule has 0 aromatic carbocycles. The summed E-state index contributed by atoms with van der Waals surface area (Å²) in [5.74, 6) is 0. The molecule has 11 heavy (non-hydrogen) atoms. The van der Waals surface area contributed by atoms with E-state index in [1.165, 1.54) is 25.9 Å². The van der Waals surface area contributed by atoms with Crippen molar-refractivity contribution >= 4 is 0 Å². The minimum Gasteiger partial charge on any atom is -0.387 e. The summed E-state index contributed by atoms with van der Waals surface area (Å²) in [7, 11) is 0. The van der Waals surface area contributed by atoms with Gasteiger partial charge in [-0.2, -0.15) is 0 Å². The van der Waals surface area contributed by atoms with Gasteiger partial charge in [-0.05, 0) is 12.8 Å². The molecule has 1 fully saturated rings. The van der Waals surface area contributed by atoms with Crippen molar-refractivity contribution in [1.29, 1.82) is 0 Å². The molecule has 0 amide bonds. The monoisotopic (exact) mass is 160 g/mol. The summed E-state index contributed by atoms with van der Waals surface area (Å²) in [4.78, 5) is 1.56. The number of rotatable bonds is 3. The lowest BCUT2D eigenvalue weighted by molar-refractivity contribution is -0.909. The number of hydrogen-bond donors (Lipinski definition) is 3. The summed E-state index contributed by atoms with van der Waals surface area (Å²) in [6.45, 7) is 4.43. The molecule has 0 aliphatic carbocycles. The predicted octanol–water partition coefficient (Wildman–Crippen LogP) is -2.34. The van der Waals surface area contributed by atoms with Crippen LogP contribution in [0.1, 0.15) is 19.3 Å². The third-order valence-electron chi connectivity index (χ3n) is 2.37. The van der Waals surface area contributed by atoms with Crippen LogP contribution in [0.4, 0.5) is 0 Å². The lowest BCUT2D eigenvalue weighted by Gasteiger charge is -2.26. The first-order valence-corrected chi connectivity index (χ1v) is 4.64. The molecule has 0 saturated carbocycles. The topological polar surface area (TPSA) is 52.3 Å². The van der Waals surface area contributed by atoms with Crippen molar-refractivity contribution in [2.75, 3.05) is 26.2 Å². The Kier molecular flexibility index (Phi) is 3.83. The van der Waals surface area contributed by atoms with Crippen LogP contribution in [0.2, 0.25) is 0 Å². The normalized spacial score (nSPS) is 32.2. The number of piperidine rings is 1. The smallest absolute Gasteiger partial charge is 0.103 e. The number of nitrogens with one attached hydrogen (secondary N) is 1. The second kappa shape index (κ2) is 4.70. The summed E-state index contributed by atoms with van der Waals surface area (Å²) in [6, 6.07) is 0. The number of aliphatic hydroxyl groups is 1. The van der Waals surface area contributed by atoms with Crippen molar-refractivity contribution in [2.45, 2.75) is 25.4 Å². The number of likely N-dealkylation sites (tertiary alicyclic amines) is 1. The Balaban J connectivity index is 2.12. The molecule has 3 heteroatoms. The summed E-state index contributed by atoms with van der Waals surface area (Å²) in [5.41, 5.74) is 3.81. The molecule has 5 N–H and O–H groups in total. The Hall–Kier alpha value is -0.120. The van der Waals surface area contributed by atoms with E-state index in [-0.39, 0.29) is 6.10 Å². The van der Waals surface area contributed by atoms with Gasteiger partial charge >= 0.3 is 0 Å². The molecule has 2 atom stereocenters. The Morgan fingerprint density at radius 2 is 2.36 bits per heavy atom. The zero-order chi connectivity index (χ0) is 8.10. The number of hydrogen-bond acceptors (Lipinski definition) is 1. The summed E-state index contributed by atoms with van der Waals surface area (Å²) >= 11 is 0. The molecule has 1 heterocycles. The molecule has 66 valence electrons. The van der Waals surface area contributed by atoms with Crippen LogP contribution < -0.4 is 10.6 Å². The van der Waals surface area contributed by atoms with Gasteiger partial charge in [0.05, 0.1) is 19.6 Å². The molecule has 0 bridgehead atoms. The van der Waals surface area contributed by atoms with Crippen LogP contribution in [-0.4, -0.2) is 37.4 Å². The second-order valence-corrected chi connectivity index (χ2v) is 3.46. The van der Waals surface area contributed by atoms with E-state index in [0.29, 0.717) is 0 Å². The maximum Gasteiger partial charge on any atom is 0.103 e. The maximum atomic E-state index is 9.34. The van der Waals surface area contributed by atoms with Crippen molar-refractivity contribution in [2.24, 2.45) is 0 Å². The number of quaternary nitrogens is 2. The largest absolute Gasteiger partial charge is 0.387 e. The highest BCUT2D eigenvalue weighted by molar-refractivity contribution is 4.57. The third kappa shape index (κ3) is 3.18. The summed E-state index contributed by atoms with van der Waals surface area (Å²) in [6.07, 6.45) is 3.35. The molecule has 0 spiro atoms. The average molecular weight is 160 g/mol. The van der Waals surface area contributed by atoms with Crippen molar-refractivity contribution in [3.05, 3.63) is 0 Å². The van der Waals surface area contributed by atoms with E-state index in [1.807, 2.05) is 0 Å². The van der Waals surface area contributed by atoms with E-state index in [1.54, 1.807) is 4.90 Å². The molecule has 0 aromatic heterocycles. The average Bonchev–Trinajstić information content (AvgIpc) is 2.01. The highest BCUT2D eigenvalue weighted by Crippen LogP contribution is 1.96. The zero-order valence-electron chi connectivity index (χ0n) is 7.18. The van der Waals surface area contributed by atoms with E-state index in [9.17, 15) is 5.11 Å². The van der Waals surface area contributed by atoms with Crippen LogP contribution in [-0.2, 0) is 0 Å². The number of aliphatic hydroxyl groups excluding tert-OH is 1. The van der Waals surface area contributed by atoms with E-state index >= 15 is 0 Å². The minimum atomic E-state index is -0.0384. The first-order chi connectivity index (χ1) is 5.33. The van der Waals surface area contributed by atoms with Crippen LogP contribution in [0.15, 0.2) is 0 Å². The van der Waals surface area contributed by atoms with E-state index in [2.05, 4.69) is 5.73 Å². The predicted molar refractivity (Wildman–Crippen MR) is 43.2 cm³/mol. The van der Waals surface area contributed by atoms with Gasteiger partial charge in [-0.3, -0.25) is 0 Å². The van der Waals surface area contributed by atoms with Gasteiger partial charge in [-0.15, -0.1) is 0 Å². The highest BCUT2D eigenvalue weighted by atomic mass is 16.3. The van der Waals surface area contributed by atoms with Gasteiger partial charge in [0.1, 0.15) is 12.6 Å². The fourth-order valence-corrected chi connectivity index (χ4v) is 1.73. The molecular formula is C8H20N2O+2. The molecule has 1 rings (SSSR count). The Morgan fingerprint density at radius 3 is 3.00 bits per heavy atom. The fraction of sp³-hybridized carbons (Fsp3) is 1.00. The molecular weight excluding hydrogens is 140 g/mol. The first-order valence-electron chi connectivity index (χ1n) is 4.64. The standard InChI is InChI=1S/C8H18N2O/c9-4-2-6-10-5-1-3-8(11)7-10/h8,11H,1-7,9H2/p+2/t8-/m0/s1. The molecule has 3 nitrogen and oxygen atoms in total. The van der Waals surface area contributed by atoms with Crippen molar-refractivity contribution in [1.82, 2.24) is 0 Å². The molecule has 1 aliphatic rings. The van der Waals surface area contributed by atoms with E-state index in [0.717, 1.165) is 19.5 Å². The Bertz CT molecular complexity index is 108. The third-order valence-corrected chi connectivity index (χ3v) is 2.37.